The SMILES string of the molecule is COc1ccccc1Oc1ccc([C@H](C)N)cc1. The highest BCUT2D eigenvalue weighted by molar-refractivity contribution is 5.43. The maximum Gasteiger partial charge on any atom is 0.169 e. The molecule has 18 heavy (non-hydrogen) atoms. The smallest absolute Gasteiger partial charge is 0.169 e. The van der Waals surface area contributed by atoms with Gasteiger partial charge in [-0.25, -0.2) is 0 Å². The van der Waals surface area contributed by atoms with Gasteiger partial charge in [-0.15, -0.1) is 0 Å². The fraction of sp³-hybridized carbons (Fsp3) is 0.200. The lowest BCUT2D eigenvalue weighted by Gasteiger charge is -2.11. The molecule has 0 saturated heterocycles. The minimum absolute atomic E-state index is 0.0327. The van der Waals surface area contributed by atoms with Crippen molar-refractivity contribution in [1.82, 2.24) is 0 Å². The van der Waals surface area contributed by atoms with Crippen LogP contribution < -0.4 is 15.2 Å². The van der Waals surface area contributed by atoms with Crippen molar-refractivity contribution in [3.63, 3.8) is 0 Å². The van der Waals surface area contributed by atoms with Crippen molar-refractivity contribution in [2.24, 2.45) is 5.73 Å². The molecular weight excluding hydrogens is 226 g/mol. The lowest BCUT2D eigenvalue weighted by atomic mass is 10.1. The van der Waals surface area contributed by atoms with E-state index in [0.29, 0.717) is 11.5 Å². The molecule has 0 aliphatic heterocycles. The Hall–Kier alpha value is -2.00. The molecule has 0 fully saturated rings. The number of methoxy groups -OCH3 is 1. The van der Waals surface area contributed by atoms with Crippen LogP contribution in [0.15, 0.2) is 48.5 Å². The number of rotatable bonds is 4. The monoisotopic (exact) mass is 243 g/mol. The van der Waals surface area contributed by atoms with Crippen molar-refractivity contribution < 1.29 is 9.47 Å². The normalized spacial score (nSPS) is 11.9. The van der Waals surface area contributed by atoms with E-state index >= 15 is 0 Å². The van der Waals surface area contributed by atoms with Crippen molar-refractivity contribution in [2.45, 2.75) is 13.0 Å². The molecule has 0 aromatic heterocycles. The summed E-state index contributed by atoms with van der Waals surface area (Å²) in [6.45, 7) is 1.95. The fourth-order valence-corrected chi connectivity index (χ4v) is 1.67. The van der Waals surface area contributed by atoms with Crippen LogP contribution in [0, 0.1) is 0 Å². The van der Waals surface area contributed by atoms with Gasteiger partial charge in [0, 0.05) is 6.04 Å². The van der Waals surface area contributed by atoms with E-state index in [2.05, 4.69) is 0 Å². The van der Waals surface area contributed by atoms with Crippen LogP contribution in [-0.2, 0) is 0 Å². The highest BCUT2D eigenvalue weighted by Gasteiger charge is 2.05. The fourth-order valence-electron chi connectivity index (χ4n) is 1.67. The molecule has 1 atom stereocenters. The van der Waals surface area contributed by atoms with Crippen LogP contribution in [0.5, 0.6) is 17.2 Å². The summed E-state index contributed by atoms with van der Waals surface area (Å²) >= 11 is 0. The minimum Gasteiger partial charge on any atom is -0.493 e. The van der Waals surface area contributed by atoms with E-state index in [1.165, 1.54) is 0 Å². The summed E-state index contributed by atoms with van der Waals surface area (Å²) in [6, 6.07) is 15.3. The minimum atomic E-state index is 0.0327. The van der Waals surface area contributed by atoms with E-state index in [1.807, 2.05) is 55.5 Å². The van der Waals surface area contributed by atoms with Gasteiger partial charge in [-0.2, -0.15) is 0 Å². The zero-order valence-electron chi connectivity index (χ0n) is 10.6. The Morgan fingerprint density at radius 2 is 1.56 bits per heavy atom. The number of nitrogens with two attached hydrogens (primary N) is 1. The lowest BCUT2D eigenvalue weighted by molar-refractivity contribution is 0.379. The molecule has 94 valence electrons. The molecule has 0 heterocycles. The first-order valence-electron chi connectivity index (χ1n) is 5.87. The Morgan fingerprint density at radius 1 is 0.944 bits per heavy atom. The first kappa shape index (κ1) is 12.5. The predicted octanol–water partition coefficient (Wildman–Crippen LogP) is 3.51. The molecule has 2 aromatic rings. The number of para-hydroxylation sites is 2. The van der Waals surface area contributed by atoms with E-state index in [0.717, 1.165) is 11.3 Å². The van der Waals surface area contributed by atoms with E-state index in [1.54, 1.807) is 7.11 Å². The summed E-state index contributed by atoms with van der Waals surface area (Å²) in [4.78, 5) is 0. The maximum atomic E-state index is 5.80. The third-order valence-corrected chi connectivity index (χ3v) is 2.70. The molecule has 0 amide bonds. The Morgan fingerprint density at radius 3 is 2.11 bits per heavy atom. The molecule has 2 N–H and O–H groups in total. The first-order valence-corrected chi connectivity index (χ1v) is 5.87. The van der Waals surface area contributed by atoms with Crippen LogP contribution in [0.4, 0.5) is 0 Å². The van der Waals surface area contributed by atoms with Crippen molar-refractivity contribution in [3.8, 4) is 17.2 Å². The van der Waals surface area contributed by atoms with Crippen molar-refractivity contribution in [1.29, 1.82) is 0 Å². The van der Waals surface area contributed by atoms with E-state index in [-0.39, 0.29) is 6.04 Å². The molecular formula is C15H17NO2. The zero-order chi connectivity index (χ0) is 13.0. The molecule has 0 radical (unpaired) electrons. The van der Waals surface area contributed by atoms with Crippen molar-refractivity contribution in [3.05, 3.63) is 54.1 Å². The Balaban J connectivity index is 2.18. The van der Waals surface area contributed by atoms with Crippen molar-refractivity contribution in [2.75, 3.05) is 7.11 Å². The molecule has 3 heteroatoms. The van der Waals surface area contributed by atoms with Crippen LogP contribution in [0.2, 0.25) is 0 Å². The van der Waals surface area contributed by atoms with Crippen LogP contribution in [0.3, 0.4) is 0 Å². The van der Waals surface area contributed by atoms with Crippen LogP contribution >= 0.6 is 0 Å². The number of benzene rings is 2. The van der Waals surface area contributed by atoms with Crippen LogP contribution in [0.1, 0.15) is 18.5 Å². The molecule has 2 aromatic carbocycles. The van der Waals surface area contributed by atoms with Crippen molar-refractivity contribution >= 4 is 0 Å². The highest BCUT2D eigenvalue weighted by atomic mass is 16.5. The second-order valence-electron chi connectivity index (χ2n) is 4.11. The summed E-state index contributed by atoms with van der Waals surface area (Å²) in [7, 11) is 1.63. The summed E-state index contributed by atoms with van der Waals surface area (Å²) in [5.41, 5.74) is 6.89. The van der Waals surface area contributed by atoms with Gasteiger partial charge in [0.15, 0.2) is 11.5 Å². The summed E-state index contributed by atoms with van der Waals surface area (Å²) in [5.74, 6) is 2.19. The Bertz CT molecular complexity index is 506. The van der Waals surface area contributed by atoms with Gasteiger partial charge in [-0.1, -0.05) is 24.3 Å². The predicted molar refractivity (Wildman–Crippen MR) is 72.1 cm³/mol. The van der Waals surface area contributed by atoms with Gasteiger partial charge in [-0.3, -0.25) is 0 Å². The Kier molecular flexibility index (Phi) is 3.85. The third-order valence-electron chi connectivity index (χ3n) is 2.70. The highest BCUT2D eigenvalue weighted by Crippen LogP contribution is 2.31. The molecule has 0 bridgehead atoms. The molecule has 2 rings (SSSR count). The quantitative estimate of drug-likeness (QED) is 0.893. The number of hydrogen-bond acceptors (Lipinski definition) is 3. The second-order valence-corrected chi connectivity index (χ2v) is 4.11. The molecule has 3 nitrogen and oxygen atoms in total. The summed E-state index contributed by atoms with van der Waals surface area (Å²) in [6.07, 6.45) is 0. The van der Waals surface area contributed by atoms with E-state index in [9.17, 15) is 0 Å². The summed E-state index contributed by atoms with van der Waals surface area (Å²) < 4.78 is 11.0. The topological polar surface area (TPSA) is 44.5 Å². The maximum absolute atomic E-state index is 5.80. The molecule has 0 unspecified atom stereocenters. The molecule has 0 aliphatic rings. The van der Waals surface area contributed by atoms with Gasteiger partial charge >= 0.3 is 0 Å². The largest absolute Gasteiger partial charge is 0.493 e. The standard InChI is InChI=1S/C15H17NO2/c1-11(16)12-7-9-13(10-8-12)18-15-6-4-3-5-14(15)17-2/h3-11H,16H2,1-2H3/t11-/m0/s1. The Labute approximate surface area is 107 Å². The average Bonchev–Trinajstić information content (AvgIpc) is 2.40. The third kappa shape index (κ3) is 2.81. The van der Waals surface area contributed by atoms with E-state index < -0.39 is 0 Å². The molecule has 0 spiro atoms. The summed E-state index contributed by atoms with van der Waals surface area (Å²) in [5, 5.41) is 0. The number of ether oxygens (including phenoxy) is 2. The van der Waals surface area contributed by atoms with Gasteiger partial charge in [0.05, 0.1) is 7.11 Å². The number of hydrogen-bond donors (Lipinski definition) is 1. The van der Waals surface area contributed by atoms with Gasteiger partial charge in [0.1, 0.15) is 5.75 Å². The van der Waals surface area contributed by atoms with E-state index in [4.69, 9.17) is 15.2 Å². The average molecular weight is 243 g/mol. The molecule has 0 aliphatic carbocycles. The van der Waals surface area contributed by atoms with Gasteiger partial charge in [0.2, 0.25) is 0 Å². The van der Waals surface area contributed by atoms with Gasteiger partial charge < -0.3 is 15.2 Å². The zero-order valence-corrected chi connectivity index (χ0v) is 10.6. The first-order chi connectivity index (χ1) is 8.70. The van der Waals surface area contributed by atoms with Gasteiger partial charge in [-0.05, 0) is 36.8 Å². The van der Waals surface area contributed by atoms with Crippen LogP contribution in [-0.4, -0.2) is 7.11 Å². The van der Waals surface area contributed by atoms with Crippen LogP contribution in [0.25, 0.3) is 0 Å². The second kappa shape index (κ2) is 5.56. The lowest BCUT2D eigenvalue weighted by Crippen LogP contribution is -2.04. The molecule has 0 saturated carbocycles. The van der Waals surface area contributed by atoms with Gasteiger partial charge in [0.25, 0.3) is 0 Å².